The fourth-order valence-electron chi connectivity index (χ4n) is 1.59. The largest absolute Gasteiger partial charge is 0.508 e. The SMILES string of the molecule is CC.O=Cc1ccc(OCCc2ccc(O)cc2)cc1. The molecule has 0 atom stereocenters. The molecule has 20 heavy (non-hydrogen) atoms. The zero-order chi connectivity index (χ0) is 14.8. The van der Waals surface area contributed by atoms with Crippen LogP contribution in [0.5, 0.6) is 11.5 Å². The molecule has 0 unspecified atom stereocenters. The third kappa shape index (κ3) is 5.14. The quantitative estimate of drug-likeness (QED) is 0.841. The van der Waals surface area contributed by atoms with Crippen LogP contribution in [0, 0.1) is 0 Å². The Kier molecular flexibility index (Phi) is 6.90. The number of benzene rings is 2. The second kappa shape index (κ2) is 8.75. The van der Waals surface area contributed by atoms with Crippen LogP contribution in [0.1, 0.15) is 29.8 Å². The van der Waals surface area contributed by atoms with Crippen LogP contribution in [-0.2, 0) is 6.42 Å². The van der Waals surface area contributed by atoms with Gasteiger partial charge < -0.3 is 9.84 Å². The highest BCUT2D eigenvalue weighted by atomic mass is 16.5. The standard InChI is InChI=1S/C15H14O3.C2H6/c16-11-13-3-7-15(8-4-13)18-10-9-12-1-5-14(17)6-2-12;1-2/h1-8,11,17H,9-10H2;1-2H3. The van der Waals surface area contributed by atoms with Crippen LogP contribution in [0.25, 0.3) is 0 Å². The molecule has 0 heterocycles. The average Bonchev–Trinajstić information content (AvgIpc) is 2.52. The number of carbonyl (C=O) groups is 1. The van der Waals surface area contributed by atoms with Crippen LogP contribution in [0.4, 0.5) is 0 Å². The fourth-order valence-corrected chi connectivity index (χ4v) is 1.59. The summed E-state index contributed by atoms with van der Waals surface area (Å²) in [6, 6.07) is 14.1. The highest BCUT2D eigenvalue weighted by molar-refractivity contribution is 5.74. The molecule has 1 N–H and O–H groups in total. The number of phenolic OH excluding ortho intramolecular Hbond substituents is 1. The van der Waals surface area contributed by atoms with Gasteiger partial charge in [0.1, 0.15) is 17.8 Å². The Morgan fingerprint density at radius 2 is 1.60 bits per heavy atom. The summed E-state index contributed by atoms with van der Waals surface area (Å²) in [5, 5.41) is 9.15. The van der Waals surface area contributed by atoms with Crippen molar-refractivity contribution in [2.45, 2.75) is 20.3 Å². The molecule has 2 aromatic carbocycles. The summed E-state index contributed by atoms with van der Waals surface area (Å²) in [6.45, 7) is 4.56. The highest BCUT2D eigenvalue weighted by Gasteiger charge is 1.97. The van der Waals surface area contributed by atoms with Gasteiger partial charge in [0.2, 0.25) is 0 Å². The van der Waals surface area contributed by atoms with Gasteiger partial charge in [0.05, 0.1) is 6.61 Å². The van der Waals surface area contributed by atoms with E-state index < -0.39 is 0 Å². The third-order valence-electron chi connectivity index (χ3n) is 2.61. The van der Waals surface area contributed by atoms with Gasteiger partial charge in [-0.15, -0.1) is 0 Å². The van der Waals surface area contributed by atoms with E-state index in [1.54, 1.807) is 36.4 Å². The zero-order valence-corrected chi connectivity index (χ0v) is 11.9. The predicted octanol–water partition coefficient (Wildman–Crippen LogP) is 3.85. The van der Waals surface area contributed by atoms with Gasteiger partial charge in [-0.25, -0.2) is 0 Å². The van der Waals surface area contributed by atoms with Gasteiger partial charge >= 0.3 is 0 Å². The number of carbonyl (C=O) groups excluding carboxylic acids is 1. The van der Waals surface area contributed by atoms with Gasteiger partial charge in [-0.3, -0.25) is 4.79 Å². The number of hydrogen-bond donors (Lipinski definition) is 1. The molecule has 0 aromatic heterocycles. The van der Waals surface area contributed by atoms with Crippen molar-refractivity contribution in [2.75, 3.05) is 6.61 Å². The first-order valence-electron chi connectivity index (χ1n) is 6.74. The Labute approximate surface area is 119 Å². The van der Waals surface area contributed by atoms with Gasteiger partial charge in [-0.2, -0.15) is 0 Å². The summed E-state index contributed by atoms with van der Waals surface area (Å²) in [7, 11) is 0. The average molecular weight is 272 g/mol. The smallest absolute Gasteiger partial charge is 0.150 e. The summed E-state index contributed by atoms with van der Waals surface area (Å²) in [4.78, 5) is 10.5. The first-order valence-corrected chi connectivity index (χ1v) is 6.74. The summed E-state index contributed by atoms with van der Waals surface area (Å²) in [6.07, 6.45) is 1.58. The third-order valence-corrected chi connectivity index (χ3v) is 2.61. The van der Waals surface area contributed by atoms with Crippen molar-refractivity contribution in [3.05, 3.63) is 59.7 Å². The zero-order valence-electron chi connectivity index (χ0n) is 11.9. The van der Waals surface area contributed by atoms with Crippen LogP contribution in [-0.4, -0.2) is 18.0 Å². The van der Waals surface area contributed by atoms with E-state index in [4.69, 9.17) is 9.84 Å². The molecule has 0 saturated carbocycles. The van der Waals surface area contributed by atoms with E-state index in [2.05, 4.69) is 0 Å². The van der Waals surface area contributed by atoms with Crippen molar-refractivity contribution in [3.63, 3.8) is 0 Å². The minimum absolute atomic E-state index is 0.268. The summed E-state index contributed by atoms with van der Waals surface area (Å²) in [5.74, 6) is 1.02. The number of aromatic hydroxyl groups is 1. The molecular weight excluding hydrogens is 252 g/mol. The number of aldehydes is 1. The molecular formula is C17H20O3. The normalized spacial score (nSPS) is 9.30. The van der Waals surface area contributed by atoms with E-state index in [0.29, 0.717) is 12.2 Å². The van der Waals surface area contributed by atoms with E-state index >= 15 is 0 Å². The van der Waals surface area contributed by atoms with Crippen molar-refractivity contribution in [3.8, 4) is 11.5 Å². The second-order valence-electron chi connectivity index (χ2n) is 3.95. The summed E-state index contributed by atoms with van der Waals surface area (Å²) in [5.41, 5.74) is 1.75. The monoisotopic (exact) mass is 272 g/mol. The van der Waals surface area contributed by atoms with E-state index in [-0.39, 0.29) is 5.75 Å². The molecule has 106 valence electrons. The first kappa shape index (κ1) is 15.8. The Balaban J connectivity index is 0.000000956. The molecule has 0 aliphatic rings. The molecule has 3 nitrogen and oxygen atoms in total. The van der Waals surface area contributed by atoms with Crippen LogP contribution < -0.4 is 4.74 Å². The Morgan fingerprint density at radius 1 is 1.00 bits per heavy atom. The molecule has 0 radical (unpaired) electrons. The first-order chi connectivity index (χ1) is 9.78. The molecule has 0 aliphatic heterocycles. The molecule has 0 saturated heterocycles. The maximum atomic E-state index is 10.5. The Morgan fingerprint density at radius 3 is 2.15 bits per heavy atom. The molecule has 0 bridgehead atoms. The van der Waals surface area contributed by atoms with Gasteiger partial charge in [0, 0.05) is 12.0 Å². The Bertz CT molecular complexity index is 501. The van der Waals surface area contributed by atoms with Gasteiger partial charge in [0.15, 0.2) is 0 Å². The van der Waals surface area contributed by atoms with Crippen molar-refractivity contribution in [2.24, 2.45) is 0 Å². The summed E-state index contributed by atoms with van der Waals surface area (Å²) < 4.78 is 5.56. The molecule has 0 aliphatic carbocycles. The summed E-state index contributed by atoms with van der Waals surface area (Å²) >= 11 is 0. The fraction of sp³-hybridized carbons (Fsp3) is 0.235. The minimum atomic E-state index is 0.268. The van der Waals surface area contributed by atoms with Gasteiger partial charge in [-0.05, 0) is 42.0 Å². The molecule has 0 amide bonds. The number of phenols is 1. The lowest BCUT2D eigenvalue weighted by Gasteiger charge is -2.06. The van der Waals surface area contributed by atoms with Crippen LogP contribution in [0.3, 0.4) is 0 Å². The van der Waals surface area contributed by atoms with Gasteiger partial charge in [0.25, 0.3) is 0 Å². The molecule has 3 heteroatoms. The van der Waals surface area contributed by atoms with E-state index in [1.165, 1.54) is 0 Å². The maximum Gasteiger partial charge on any atom is 0.150 e. The lowest BCUT2D eigenvalue weighted by atomic mass is 10.1. The van der Waals surface area contributed by atoms with E-state index in [9.17, 15) is 4.79 Å². The predicted molar refractivity (Wildman–Crippen MR) is 80.5 cm³/mol. The minimum Gasteiger partial charge on any atom is -0.508 e. The Hall–Kier alpha value is -2.29. The lowest BCUT2D eigenvalue weighted by Crippen LogP contribution is -2.01. The van der Waals surface area contributed by atoms with Crippen LogP contribution in [0.15, 0.2) is 48.5 Å². The van der Waals surface area contributed by atoms with Crippen LogP contribution >= 0.6 is 0 Å². The molecule has 2 aromatic rings. The molecule has 2 rings (SSSR count). The van der Waals surface area contributed by atoms with Crippen molar-refractivity contribution < 1.29 is 14.6 Å². The topological polar surface area (TPSA) is 46.5 Å². The maximum absolute atomic E-state index is 10.5. The second-order valence-corrected chi connectivity index (χ2v) is 3.95. The van der Waals surface area contributed by atoms with Crippen molar-refractivity contribution in [1.29, 1.82) is 0 Å². The number of ether oxygens (including phenoxy) is 1. The number of rotatable bonds is 5. The number of hydrogen-bond acceptors (Lipinski definition) is 3. The van der Waals surface area contributed by atoms with Crippen LogP contribution in [0.2, 0.25) is 0 Å². The molecule has 0 fully saturated rings. The van der Waals surface area contributed by atoms with Crippen molar-refractivity contribution >= 4 is 6.29 Å². The van der Waals surface area contributed by atoms with Gasteiger partial charge in [-0.1, -0.05) is 26.0 Å². The van der Waals surface area contributed by atoms with E-state index in [1.807, 2.05) is 26.0 Å². The van der Waals surface area contributed by atoms with Crippen molar-refractivity contribution in [1.82, 2.24) is 0 Å². The highest BCUT2D eigenvalue weighted by Crippen LogP contribution is 2.13. The lowest BCUT2D eigenvalue weighted by molar-refractivity contribution is 0.112. The van der Waals surface area contributed by atoms with E-state index in [0.717, 1.165) is 24.0 Å². The molecule has 0 spiro atoms.